The van der Waals surface area contributed by atoms with Gasteiger partial charge in [-0.05, 0) is 17.7 Å². The first-order chi connectivity index (χ1) is 9.15. The van der Waals surface area contributed by atoms with E-state index in [4.69, 9.17) is 23.2 Å². The number of rotatable bonds is 1. The zero-order valence-corrected chi connectivity index (χ0v) is 11.9. The Morgan fingerprint density at radius 3 is 2.95 bits per heavy atom. The van der Waals surface area contributed by atoms with Crippen LogP contribution in [-0.2, 0) is 4.79 Å². The molecule has 7 heteroatoms. The lowest BCUT2D eigenvalue weighted by molar-refractivity contribution is -0.113. The molecule has 0 aliphatic carbocycles. The van der Waals surface area contributed by atoms with Gasteiger partial charge in [0, 0.05) is 15.6 Å². The third-order valence-electron chi connectivity index (χ3n) is 2.84. The maximum Gasteiger partial charge on any atom is 0.235 e. The number of aromatic amines is 1. The molecule has 0 bridgehead atoms. The number of hydrogen-bond acceptors (Lipinski definition) is 3. The van der Waals surface area contributed by atoms with Crippen LogP contribution in [0, 0.1) is 0 Å². The molecule has 3 rings (SSSR count). The minimum absolute atomic E-state index is 0.0440. The Morgan fingerprint density at radius 1 is 1.32 bits per heavy atom. The Balaban J connectivity index is 2.08. The van der Waals surface area contributed by atoms with Crippen molar-refractivity contribution in [2.24, 2.45) is 0 Å². The van der Waals surface area contributed by atoms with Crippen LogP contribution in [0.5, 0.6) is 0 Å². The fourth-order valence-electron chi connectivity index (χ4n) is 1.99. The number of H-pyrrole nitrogens is 1. The average Bonchev–Trinajstić information content (AvgIpc) is 2.74. The van der Waals surface area contributed by atoms with Crippen molar-refractivity contribution in [3.63, 3.8) is 0 Å². The highest BCUT2D eigenvalue weighted by Gasteiger charge is 2.27. The molecule has 2 N–H and O–H groups in total. The molecule has 0 saturated carbocycles. The minimum atomic E-state index is -0.0527. The van der Waals surface area contributed by atoms with Gasteiger partial charge in [0.15, 0.2) is 0 Å². The van der Waals surface area contributed by atoms with Gasteiger partial charge in [-0.3, -0.25) is 9.89 Å². The maximum atomic E-state index is 11.6. The van der Waals surface area contributed by atoms with E-state index in [9.17, 15) is 4.79 Å². The van der Waals surface area contributed by atoms with Crippen LogP contribution < -0.4 is 5.32 Å². The van der Waals surface area contributed by atoms with E-state index < -0.39 is 0 Å². The van der Waals surface area contributed by atoms with Gasteiger partial charge in [-0.25, -0.2) is 0 Å². The molecule has 19 heavy (non-hydrogen) atoms. The summed E-state index contributed by atoms with van der Waals surface area (Å²) in [5.41, 5.74) is 1.84. The molecule has 2 heterocycles. The van der Waals surface area contributed by atoms with Gasteiger partial charge in [0.05, 0.1) is 17.2 Å². The molecule has 1 aromatic carbocycles. The van der Waals surface area contributed by atoms with Crippen molar-refractivity contribution in [3.05, 3.63) is 45.6 Å². The number of hydrogen-bond donors (Lipinski definition) is 2. The van der Waals surface area contributed by atoms with Gasteiger partial charge in [-0.2, -0.15) is 5.10 Å². The van der Waals surface area contributed by atoms with Crippen LogP contribution in [0.15, 0.2) is 24.4 Å². The predicted octanol–water partition coefficient (Wildman–Crippen LogP) is 3.49. The summed E-state index contributed by atoms with van der Waals surface area (Å²) < 4.78 is 0. The highest BCUT2D eigenvalue weighted by molar-refractivity contribution is 8.00. The van der Waals surface area contributed by atoms with Gasteiger partial charge < -0.3 is 5.32 Å². The van der Waals surface area contributed by atoms with E-state index in [2.05, 4.69) is 15.5 Å². The molecular formula is C12H9Cl2N3OS. The number of benzene rings is 1. The van der Waals surface area contributed by atoms with Gasteiger partial charge in [0.1, 0.15) is 5.82 Å². The van der Waals surface area contributed by atoms with Crippen LogP contribution in [0.2, 0.25) is 10.0 Å². The highest BCUT2D eigenvalue weighted by Crippen LogP contribution is 2.43. The fourth-order valence-corrected chi connectivity index (χ4v) is 3.71. The first-order valence-electron chi connectivity index (χ1n) is 5.55. The Hall–Kier alpha value is -1.17. The van der Waals surface area contributed by atoms with Crippen LogP contribution in [0.4, 0.5) is 5.82 Å². The number of carbonyl (C=O) groups excluding carboxylic acids is 1. The first-order valence-corrected chi connectivity index (χ1v) is 7.35. The number of fused-ring (bicyclic) bond motifs is 1. The van der Waals surface area contributed by atoms with Crippen molar-refractivity contribution in [3.8, 4) is 0 Å². The Bertz CT molecular complexity index is 644. The van der Waals surface area contributed by atoms with E-state index in [1.165, 1.54) is 11.8 Å². The van der Waals surface area contributed by atoms with Gasteiger partial charge >= 0.3 is 0 Å². The van der Waals surface area contributed by atoms with Gasteiger partial charge in [-0.1, -0.05) is 29.3 Å². The number of thioether (sulfide) groups is 1. The Labute approximate surface area is 123 Å². The van der Waals surface area contributed by atoms with E-state index in [-0.39, 0.29) is 11.2 Å². The summed E-state index contributed by atoms with van der Waals surface area (Å²) in [5.74, 6) is 0.945. The molecule has 1 aromatic heterocycles. The molecule has 2 aromatic rings. The molecule has 0 saturated heterocycles. The van der Waals surface area contributed by atoms with Crippen LogP contribution in [0.3, 0.4) is 0 Å². The predicted molar refractivity (Wildman–Crippen MR) is 78.0 cm³/mol. The molecule has 1 aliphatic rings. The van der Waals surface area contributed by atoms with Gasteiger partial charge in [0.25, 0.3) is 0 Å². The Kier molecular flexibility index (Phi) is 3.43. The molecule has 1 aliphatic heterocycles. The summed E-state index contributed by atoms with van der Waals surface area (Å²) in [4.78, 5) is 11.6. The quantitative estimate of drug-likeness (QED) is 0.847. The molecule has 0 fully saturated rings. The maximum absolute atomic E-state index is 11.6. The largest absolute Gasteiger partial charge is 0.310 e. The zero-order valence-electron chi connectivity index (χ0n) is 9.61. The zero-order chi connectivity index (χ0) is 13.4. The topological polar surface area (TPSA) is 57.8 Å². The summed E-state index contributed by atoms with van der Waals surface area (Å²) >= 11 is 13.7. The molecule has 1 amide bonds. The minimum Gasteiger partial charge on any atom is -0.310 e. The average molecular weight is 314 g/mol. The summed E-state index contributed by atoms with van der Waals surface area (Å²) in [6.45, 7) is 0. The number of nitrogens with zero attached hydrogens (tertiary/aromatic N) is 1. The SMILES string of the molecule is O=C1CS[C@@H](c2ccc(Cl)cc2Cl)c2cn[nH]c2N1. The second-order valence-corrected chi connectivity index (χ2v) is 6.04. The van der Waals surface area contributed by atoms with Crippen molar-refractivity contribution in [2.75, 3.05) is 11.1 Å². The number of nitrogens with one attached hydrogen (secondary N) is 2. The van der Waals surface area contributed by atoms with Crippen molar-refractivity contribution < 1.29 is 4.79 Å². The number of aromatic nitrogens is 2. The third-order valence-corrected chi connectivity index (χ3v) is 4.67. The standard InChI is InChI=1S/C12H9Cl2N3OS/c13-6-1-2-7(9(14)3-6)11-8-4-15-17-12(8)16-10(18)5-19-11/h1-4,11H,5H2,(H2,15,16,17,18)/t11-/m0/s1. The summed E-state index contributed by atoms with van der Waals surface area (Å²) in [6.07, 6.45) is 1.71. The third kappa shape index (κ3) is 2.45. The lowest BCUT2D eigenvalue weighted by atomic mass is 10.1. The number of carbonyl (C=O) groups is 1. The van der Waals surface area contributed by atoms with Crippen LogP contribution in [0.1, 0.15) is 16.4 Å². The van der Waals surface area contributed by atoms with Crippen LogP contribution >= 0.6 is 35.0 Å². The van der Waals surface area contributed by atoms with E-state index in [0.717, 1.165) is 11.1 Å². The smallest absolute Gasteiger partial charge is 0.235 e. The van der Waals surface area contributed by atoms with Crippen molar-refractivity contribution in [1.82, 2.24) is 10.2 Å². The lowest BCUT2D eigenvalue weighted by Gasteiger charge is -2.15. The molecule has 0 radical (unpaired) electrons. The van der Waals surface area contributed by atoms with Gasteiger partial charge in [-0.15, -0.1) is 11.8 Å². The van der Waals surface area contributed by atoms with Crippen molar-refractivity contribution >= 4 is 46.7 Å². The summed E-state index contributed by atoms with van der Waals surface area (Å²) in [7, 11) is 0. The fraction of sp³-hybridized carbons (Fsp3) is 0.167. The molecular weight excluding hydrogens is 305 g/mol. The normalized spacial score (nSPS) is 18.6. The first kappa shape index (κ1) is 12.8. The van der Waals surface area contributed by atoms with Crippen LogP contribution in [-0.4, -0.2) is 21.9 Å². The van der Waals surface area contributed by atoms with Crippen molar-refractivity contribution in [2.45, 2.75) is 5.25 Å². The molecule has 1 atom stereocenters. The molecule has 0 unspecified atom stereocenters. The molecule has 0 spiro atoms. The van der Waals surface area contributed by atoms with E-state index in [0.29, 0.717) is 21.6 Å². The monoisotopic (exact) mass is 313 g/mol. The molecule has 4 nitrogen and oxygen atoms in total. The van der Waals surface area contributed by atoms with Crippen molar-refractivity contribution in [1.29, 1.82) is 0 Å². The van der Waals surface area contributed by atoms with Crippen LogP contribution in [0.25, 0.3) is 0 Å². The van der Waals surface area contributed by atoms with Gasteiger partial charge in [0.2, 0.25) is 5.91 Å². The van der Waals surface area contributed by atoms with E-state index in [1.54, 1.807) is 18.3 Å². The van der Waals surface area contributed by atoms with E-state index >= 15 is 0 Å². The summed E-state index contributed by atoms with van der Waals surface area (Å²) in [6, 6.07) is 5.39. The number of halogens is 2. The second kappa shape index (κ2) is 5.07. The Morgan fingerprint density at radius 2 is 2.16 bits per heavy atom. The molecule has 98 valence electrons. The number of anilines is 1. The highest BCUT2D eigenvalue weighted by atomic mass is 35.5. The number of amides is 1. The summed E-state index contributed by atoms with van der Waals surface area (Å²) in [5, 5.41) is 10.7. The van der Waals surface area contributed by atoms with E-state index in [1.807, 2.05) is 6.07 Å². The second-order valence-electron chi connectivity index (χ2n) is 4.11. The lowest BCUT2D eigenvalue weighted by Crippen LogP contribution is -2.12.